The van der Waals surface area contributed by atoms with Gasteiger partial charge >= 0.3 is 0 Å². The average Bonchev–Trinajstić information content (AvgIpc) is 2.77. The maximum atomic E-state index is 14.0. The second-order valence-electron chi connectivity index (χ2n) is 12.0. The molecule has 1 aromatic rings. The lowest BCUT2D eigenvalue weighted by Gasteiger charge is -2.59. The van der Waals surface area contributed by atoms with Crippen LogP contribution in [0, 0.1) is 17.3 Å². The maximum absolute atomic E-state index is 14.0. The van der Waals surface area contributed by atoms with Crippen LogP contribution in [0.2, 0.25) is 0 Å². The van der Waals surface area contributed by atoms with Crippen LogP contribution in [0.4, 0.5) is 0 Å². The maximum Gasteiger partial charge on any atom is 0.178 e. The molecule has 2 aliphatic heterocycles. The summed E-state index contributed by atoms with van der Waals surface area (Å²) in [4.78, 5) is 26.8. The topological polar surface area (TPSA) is 113 Å². The Labute approximate surface area is 207 Å². The number of carbonyl (C=O) groups excluding carboxylic acids is 2. The minimum absolute atomic E-state index is 0.0246. The molecule has 3 aliphatic rings. The Bertz CT molecular complexity index is 1040. The lowest BCUT2D eigenvalue weighted by atomic mass is 9.53. The Morgan fingerprint density at radius 2 is 1.86 bits per heavy atom. The Morgan fingerprint density at radius 3 is 2.46 bits per heavy atom. The zero-order chi connectivity index (χ0) is 26.1. The number of Topliss-reactive ketones (excluding diaryl/α,β-unsaturated/α-hetero) is 2. The summed E-state index contributed by atoms with van der Waals surface area (Å²) in [6, 6.07) is 1.34. The SMILES string of the molecule is CC[C@H](C)C(=O)[C@@H](C)c1cc(O)c2c(c1O)O[C@]1(C)CC[C@H]3O[C@@H](C(C)(C)O)CC[C@]3(C)[C@H]1C2=O. The van der Waals surface area contributed by atoms with Gasteiger partial charge in [-0.25, -0.2) is 0 Å². The highest BCUT2D eigenvalue weighted by Gasteiger charge is 2.63. The van der Waals surface area contributed by atoms with Crippen molar-refractivity contribution in [2.75, 3.05) is 0 Å². The molecule has 2 fully saturated rings. The van der Waals surface area contributed by atoms with Crippen LogP contribution < -0.4 is 4.74 Å². The number of hydrogen-bond donors (Lipinski definition) is 3. The van der Waals surface area contributed by atoms with E-state index in [1.165, 1.54) is 6.07 Å². The molecule has 0 amide bonds. The number of aliphatic hydroxyl groups is 1. The van der Waals surface area contributed by atoms with Crippen LogP contribution in [0.1, 0.15) is 102 Å². The van der Waals surface area contributed by atoms with E-state index in [2.05, 4.69) is 0 Å². The van der Waals surface area contributed by atoms with Gasteiger partial charge in [-0.05, 0) is 58.9 Å². The lowest BCUT2D eigenvalue weighted by Crippen LogP contribution is -2.65. The first kappa shape index (κ1) is 26.0. The predicted molar refractivity (Wildman–Crippen MR) is 131 cm³/mol. The normalized spacial score (nSPS) is 34.2. The summed E-state index contributed by atoms with van der Waals surface area (Å²) in [6.45, 7) is 12.9. The minimum atomic E-state index is -0.981. The van der Waals surface area contributed by atoms with E-state index in [1.807, 2.05) is 27.7 Å². The molecule has 0 radical (unpaired) electrons. The minimum Gasteiger partial charge on any atom is -0.507 e. The second-order valence-corrected chi connectivity index (χ2v) is 12.0. The van der Waals surface area contributed by atoms with Gasteiger partial charge in [-0.2, -0.15) is 0 Å². The van der Waals surface area contributed by atoms with Crippen LogP contribution in [0.5, 0.6) is 17.2 Å². The lowest BCUT2D eigenvalue weighted by molar-refractivity contribution is -0.227. The van der Waals surface area contributed by atoms with Crippen LogP contribution in [-0.2, 0) is 9.53 Å². The Hall–Kier alpha value is -2.12. The van der Waals surface area contributed by atoms with E-state index in [1.54, 1.807) is 20.8 Å². The van der Waals surface area contributed by atoms with E-state index in [9.17, 15) is 24.9 Å². The van der Waals surface area contributed by atoms with E-state index in [0.29, 0.717) is 32.1 Å². The largest absolute Gasteiger partial charge is 0.507 e. The van der Waals surface area contributed by atoms with Crippen molar-refractivity contribution >= 4 is 11.6 Å². The van der Waals surface area contributed by atoms with E-state index < -0.39 is 28.5 Å². The van der Waals surface area contributed by atoms with Gasteiger partial charge in [0.15, 0.2) is 17.3 Å². The third kappa shape index (κ3) is 3.95. The first-order chi connectivity index (χ1) is 16.2. The summed E-state index contributed by atoms with van der Waals surface area (Å²) in [5.41, 5.74) is -2.18. The van der Waals surface area contributed by atoms with E-state index >= 15 is 0 Å². The summed E-state index contributed by atoms with van der Waals surface area (Å²) in [5.74, 6) is -2.29. The molecule has 0 unspecified atom stereocenters. The molecule has 4 rings (SSSR count). The van der Waals surface area contributed by atoms with Crippen molar-refractivity contribution in [3.63, 3.8) is 0 Å². The first-order valence-electron chi connectivity index (χ1n) is 12.9. The van der Waals surface area contributed by atoms with Gasteiger partial charge in [0.2, 0.25) is 0 Å². The molecule has 1 saturated heterocycles. The van der Waals surface area contributed by atoms with Gasteiger partial charge in [0.25, 0.3) is 0 Å². The summed E-state index contributed by atoms with van der Waals surface area (Å²) in [7, 11) is 0. The van der Waals surface area contributed by atoms with Crippen LogP contribution in [-0.4, -0.2) is 50.3 Å². The highest BCUT2D eigenvalue weighted by Crippen LogP contribution is 2.60. The Balaban J connectivity index is 1.75. The standard InChI is InChI=1S/C28H40O7/c1-8-14(2)21(30)15(3)16-13-17(29)20-23(32)25-27(6)11-9-18(26(4,5)33)34-19(27)10-12-28(25,7)35-24(20)22(16)31/h13-15,18-19,25,29,31,33H,8-12H2,1-7H3/t14-,15-,18+,19+,25+,27-,28+/m0/s1. The van der Waals surface area contributed by atoms with Gasteiger partial charge in [0.1, 0.15) is 22.7 Å². The average molecular weight is 489 g/mol. The van der Waals surface area contributed by atoms with Crippen molar-refractivity contribution in [2.24, 2.45) is 17.3 Å². The number of hydrogen-bond acceptors (Lipinski definition) is 7. The molecule has 7 nitrogen and oxygen atoms in total. The van der Waals surface area contributed by atoms with Gasteiger partial charge in [0, 0.05) is 22.8 Å². The smallest absolute Gasteiger partial charge is 0.178 e. The van der Waals surface area contributed by atoms with Crippen LogP contribution in [0.25, 0.3) is 0 Å². The zero-order valence-electron chi connectivity index (χ0n) is 22.0. The van der Waals surface area contributed by atoms with Crippen LogP contribution in [0.15, 0.2) is 6.07 Å². The van der Waals surface area contributed by atoms with Crippen molar-refractivity contribution in [1.82, 2.24) is 0 Å². The summed E-state index contributed by atoms with van der Waals surface area (Å²) < 4.78 is 12.8. The van der Waals surface area contributed by atoms with Crippen molar-refractivity contribution in [3.8, 4) is 17.2 Å². The van der Waals surface area contributed by atoms with Crippen molar-refractivity contribution in [2.45, 2.75) is 110 Å². The van der Waals surface area contributed by atoms with Gasteiger partial charge in [0.05, 0.1) is 23.7 Å². The molecule has 3 N–H and O–H groups in total. The Kier molecular flexibility index (Phi) is 6.29. The first-order valence-corrected chi connectivity index (χ1v) is 12.9. The van der Waals surface area contributed by atoms with Crippen LogP contribution >= 0.6 is 0 Å². The molecule has 1 aliphatic carbocycles. The van der Waals surface area contributed by atoms with Crippen molar-refractivity contribution in [1.29, 1.82) is 0 Å². The van der Waals surface area contributed by atoms with E-state index in [0.717, 1.165) is 0 Å². The molecular weight excluding hydrogens is 448 g/mol. The number of fused-ring (bicyclic) bond motifs is 4. The number of carbonyl (C=O) groups is 2. The third-order valence-electron chi connectivity index (χ3n) is 9.07. The number of rotatable bonds is 5. The number of aromatic hydroxyl groups is 2. The molecule has 2 heterocycles. The third-order valence-corrected chi connectivity index (χ3v) is 9.07. The molecule has 7 atom stereocenters. The monoisotopic (exact) mass is 488 g/mol. The van der Waals surface area contributed by atoms with Crippen molar-refractivity contribution < 1.29 is 34.4 Å². The molecule has 0 spiro atoms. The molecule has 1 aromatic carbocycles. The quantitative estimate of drug-likeness (QED) is 0.506. The molecule has 7 heteroatoms. The summed E-state index contributed by atoms with van der Waals surface area (Å²) in [5, 5.41) is 32.7. The number of benzene rings is 1. The van der Waals surface area contributed by atoms with E-state index in [4.69, 9.17) is 9.47 Å². The Morgan fingerprint density at radius 1 is 1.20 bits per heavy atom. The second kappa shape index (κ2) is 8.48. The molecule has 194 valence electrons. The number of ketones is 2. The molecule has 0 bridgehead atoms. The molecular formula is C28H40O7. The number of phenols is 2. The van der Waals surface area contributed by atoms with Crippen LogP contribution in [0.3, 0.4) is 0 Å². The van der Waals surface area contributed by atoms with Gasteiger partial charge in [-0.15, -0.1) is 0 Å². The molecule has 35 heavy (non-hydrogen) atoms. The molecule has 0 aromatic heterocycles. The highest BCUT2D eigenvalue weighted by atomic mass is 16.5. The fourth-order valence-electron chi connectivity index (χ4n) is 6.70. The molecule has 1 saturated carbocycles. The predicted octanol–water partition coefficient (Wildman–Crippen LogP) is 4.89. The van der Waals surface area contributed by atoms with Gasteiger partial charge < -0.3 is 24.8 Å². The number of ether oxygens (including phenoxy) is 2. The van der Waals surface area contributed by atoms with E-state index in [-0.39, 0.29) is 58.1 Å². The fraction of sp³-hybridized carbons (Fsp3) is 0.714. The fourth-order valence-corrected chi connectivity index (χ4v) is 6.70. The van der Waals surface area contributed by atoms with Gasteiger partial charge in [-0.1, -0.05) is 27.7 Å². The zero-order valence-corrected chi connectivity index (χ0v) is 22.0. The number of phenolic OH excluding ortho intramolecular Hbond substituents is 2. The summed E-state index contributed by atoms with van der Waals surface area (Å²) >= 11 is 0. The summed E-state index contributed by atoms with van der Waals surface area (Å²) in [6.07, 6.45) is 2.56. The highest BCUT2D eigenvalue weighted by molar-refractivity contribution is 6.06. The van der Waals surface area contributed by atoms with Crippen molar-refractivity contribution in [3.05, 3.63) is 17.2 Å². The van der Waals surface area contributed by atoms with Gasteiger partial charge in [-0.3, -0.25) is 9.59 Å².